The number of benzene rings is 2. The number of rotatable bonds is 4. The number of halogens is 4. The number of anilines is 2. The summed E-state index contributed by atoms with van der Waals surface area (Å²) >= 11 is 5.78. The van der Waals surface area contributed by atoms with E-state index in [1.165, 1.54) is 12.1 Å². The third-order valence-electron chi connectivity index (χ3n) is 3.21. The molecular weight excluding hydrogens is 371 g/mol. The number of carbonyl (C=O) groups excluding carboxylic acids is 2. The van der Waals surface area contributed by atoms with Crippen LogP contribution in [0.2, 0.25) is 5.02 Å². The van der Waals surface area contributed by atoms with Crippen LogP contribution in [-0.2, 0) is 15.8 Å². The molecule has 0 fully saturated rings. The van der Waals surface area contributed by atoms with Gasteiger partial charge in [0.05, 0.1) is 27.5 Å². The average Bonchev–Trinajstić information content (AvgIpc) is 2.56. The van der Waals surface area contributed by atoms with Crippen LogP contribution in [0.15, 0.2) is 42.5 Å². The van der Waals surface area contributed by atoms with E-state index in [4.69, 9.17) is 16.9 Å². The largest absolute Gasteiger partial charge is 0.416 e. The molecule has 134 valence electrons. The van der Waals surface area contributed by atoms with Gasteiger partial charge in [0.2, 0.25) is 11.8 Å². The number of amides is 2. The van der Waals surface area contributed by atoms with Gasteiger partial charge in [-0.2, -0.15) is 18.4 Å². The van der Waals surface area contributed by atoms with Gasteiger partial charge in [-0.1, -0.05) is 23.7 Å². The van der Waals surface area contributed by atoms with Crippen LogP contribution in [0.5, 0.6) is 0 Å². The van der Waals surface area contributed by atoms with Crippen LogP contribution >= 0.6 is 11.6 Å². The van der Waals surface area contributed by atoms with Crippen molar-refractivity contribution in [2.24, 2.45) is 0 Å². The monoisotopic (exact) mass is 381 g/mol. The van der Waals surface area contributed by atoms with Crippen molar-refractivity contribution in [1.82, 2.24) is 0 Å². The molecule has 0 radical (unpaired) electrons. The lowest BCUT2D eigenvalue weighted by atomic mass is 10.2. The summed E-state index contributed by atoms with van der Waals surface area (Å²) in [6, 6.07) is 10.5. The van der Waals surface area contributed by atoms with Crippen LogP contribution in [0.25, 0.3) is 0 Å². The van der Waals surface area contributed by atoms with Crippen molar-refractivity contribution < 1.29 is 22.8 Å². The summed E-state index contributed by atoms with van der Waals surface area (Å²) in [7, 11) is 0. The first-order valence-corrected chi connectivity index (χ1v) is 7.54. The summed E-state index contributed by atoms with van der Waals surface area (Å²) in [5, 5.41) is 13.4. The molecule has 0 bridgehead atoms. The highest BCUT2D eigenvalue weighted by Gasteiger charge is 2.31. The number of alkyl halides is 3. The Morgan fingerprint density at radius 1 is 1.04 bits per heavy atom. The normalized spacial score (nSPS) is 10.7. The number of hydrogen-bond donors (Lipinski definition) is 2. The van der Waals surface area contributed by atoms with Gasteiger partial charge in [0, 0.05) is 0 Å². The van der Waals surface area contributed by atoms with Crippen LogP contribution in [0.4, 0.5) is 24.5 Å². The topological polar surface area (TPSA) is 82.0 Å². The highest BCUT2D eigenvalue weighted by atomic mass is 35.5. The highest BCUT2D eigenvalue weighted by molar-refractivity contribution is 6.33. The Labute approximate surface area is 151 Å². The Balaban J connectivity index is 2.05. The molecule has 0 aliphatic rings. The Morgan fingerprint density at radius 2 is 1.65 bits per heavy atom. The molecule has 26 heavy (non-hydrogen) atoms. The fourth-order valence-corrected chi connectivity index (χ4v) is 2.19. The first-order chi connectivity index (χ1) is 12.2. The molecule has 2 aromatic rings. The quantitative estimate of drug-likeness (QED) is 0.779. The molecule has 2 amide bonds. The number of nitrogens with one attached hydrogen (secondary N) is 2. The third kappa shape index (κ3) is 4.97. The summed E-state index contributed by atoms with van der Waals surface area (Å²) in [6.45, 7) is 0. The lowest BCUT2D eigenvalue weighted by molar-refractivity contribution is -0.137. The van der Waals surface area contributed by atoms with E-state index in [0.29, 0.717) is 6.07 Å². The molecule has 0 atom stereocenters. The summed E-state index contributed by atoms with van der Waals surface area (Å²) in [6.07, 6.45) is -5.26. The van der Waals surface area contributed by atoms with E-state index in [-0.39, 0.29) is 22.0 Å². The molecular formula is C17H11ClF3N3O2. The van der Waals surface area contributed by atoms with E-state index in [2.05, 4.69) is 10.6 Å². The molecule has 2 rings (SSSR count). The molecule has 9 heteroatoms. The summed E-state index contributed by atoms with van der Waals surface area (Å²) in [4.78, 5) is 23.8. The minimum absolute atomic E-state index is 0.0958. The summed E-state index contributed by atoms with van der Waals surface area (Å²) < 4.78 is 38.1. The van der Waals surface area contributed by atoms with Crippen molar-refractivity contribution in [1.29, 1.82) is 5.26 Å². The second-order valence-electron chi connectivity index (χ2n) is 5.12. The number of nitriles is 1. The van der Waals surface area contributed by atoms with Gasteiger partial charge in [-0.25, -0.2) is 0 Å². The van der Waals surface area contributed by atoms with Gasteiger partial charge < -0.3 is 10.6 Å². The van der Waals surface area contributed by atoms with Gasteiger partial charge in [-0.05, 0) is 30.3 Å². The minimum atomic E-state index is -4.59. The molecule has 0 unspecified atom stereocenters. The third-order valence-corrected chi connectivity index (χ3v) is 3.54. The predicted octanol–water partition coefficient (Wildman–Crippen LogP) is 4.20. The SMILES string of the molecule is N#Cc1ccccc1NC(=O)CC(=O)Nc1cc(C(F)(F)F)ccc1Cl. The van der Waals surface area contributed by atoms with Crippen molar-refractivity contribution in [3.05, 3.63) is 58.6 Å². The number of carbonyl (C=O) groups is 2. The number of hydrogen-bond acceptors (Lipinski definition) is 3. The maximum absolute atomic E-state index is 12.7. The van der Waals surface area contributed by atoms with Gasteiger partial charge in [-0.15, -0.1) is 0 Å². The molecule has 0 spiro atoms. The second kappa shape index (κ2) is 7.89. The lowest BCUT2D eigenvalue weighted by Crippen LogP contribution is -2.22. The zero-order valence-corrected chi connectivity index (χ0v) is 13.8. The zero-order valence-electron chi connectivity index (χ0n) is 13.0. The van der Waals surface area contributed by atoms with Crippen molar-refractivity contribution >= 4 is 34.8 Å². The molecule has 0 aromatic heterocycles. The van der Waals surface area contributed by atoms with Gasteiger partial charge in [-0.3, -0.25) is 9.59 Å². The van der Waals surface area contributed by atoms with Crippen LogP contribution in [0, 0.1) is 11.3 Å². The molecule has 0 heterocycles. The summed E-state index contributed by atoms with van der Waals surface area (Å²) in [5.74, 6) is -1.58. The maximum Gasteiger partial charge on any atom is 0.416 e. The van der Waals surface area contributed by atoms with Gasteiger partial charge in [0.15, 0.2) is 0 Å². The maximum atomic E-state index is 12.7. The Kier molecular flexibility index (Phi) is 5.85. The van der Waals surface area contributed by atoms with Crippen LogP contribution < -0.4 is 10.6 Å². The van der Waals surface area contributed by atoms with Crippen LogP contribution in [0.3, 0.4) is 0 Å². The van der Waals surface area contributed by atoms with Gasteiger partial charge >= 0.3 is 6.18 Å². The average molecular weight is 382 g/mol. The first kappa shape index (κ1) is 19.3. The van der Waals surface area contributed by atoms with Crippen molar-refractivity contribution in [3.8, 4) is 6.07 Å². The van der Waals surface area contributed by atoms with Crippen molar-refractivity contribution in [3.63, 3.8) is 0 Å². The molecule has 5 nitrogen and oxygen atoms in total. The van der Waals surface area contributed by atoms with E-state index in [1.807, 2.05) is 6.07 Å². The van der Waals surface area contributed by atoms with Crippen LogP contribution in [-0.4, -0.2) is 11.8 Å². The Hall–Kier alpha value is -3.05. The first-order valence-electron chi connectivity index (χ1n) is 7.16. The van der Waals surface area contributed by atoms with Gasteiger partial charge in [0.25, 0.3) is 0 Å². The minimum Gasteiger partial charge on any atom is -0.324 e. The molecule has 0 saturated carbocycles. The zero-order chi connectivity index (χ0) is 19.3. The lowest BCUT2D eigenvalue weighted by Gasteiger charge is -2.12. The standard InChI is InChI=1S/C17H11ClF3N3O2/c18-12-6-5-11(17(19,20)21)7-14(12)24-16(26)8-15(25)23-13-4-2-1-3-10(13)9-22/h1-7H,8H2,(H,23,25)(H,24,26). The Morgan fingerprint density at radius 3 is 2.27 bits per heavy atom. The van der Waals surface area contributed by atoms with E-state index >= 15 is 0 Å². The predicted molar refractivity (Wildman–Crippen MR) is 89.5 cm³/mol. The highest BCUT2D eigenvalue weighted by Crippen LogP contribution is 2.33. The second-order valence-corrected chi connectivity index (χ2v) is 5.53. The van der Waals surface area contributed by atoms with E-state index < -0.39 is 30.0 Å². The van der Waals surface area contributed by atoms with E-state index in [0.717, 1.165) is 12.1 Å². The van der Waals surface area contributed by atoms with Gasteiger partial charge in [0.1, 0.15) is 12.5 Å². The number of para-hydroxylation sites is 1. The smallest absolute Gasteiger partial charge is 0.324 e. The van der Waals surface area contributed by atoms with E-state index in [1.54, 1.807) is 12.1 Å². The van der Waals surface area contributed by atoms with Crippen LogP contribution in [0.1, 0.15) is 17.5 Å². The van der Waals surface area contributed by atoms with Crippen molar-refractivity contribution in [2.75, 3.05) is 10.6 Å². The molecule has 0 aliphatic carbocycles. The van der Waals surface area contributed by atoms with Crippen molar-refractivity contribution in [2.45, 2.75) is 12.6 Å². The Bertz CT molecular complexity index is 892. The molecule has 2 aromatic carbocycles. The summed E-state index contributed by atoms with van der Waals surface area (Å²) in [5.41, 5.74) is -0.798. The fourth-order valence-electron chi connectivity index (χ4n) is 2.02. The molecule has 0 aliphatic heterocycles. The van der Waals surface area contributed by atoms with E-state index in [9.17, 15) is 22.8 Å². The number of nitrogens with zero attached hydrogens (tertiary/aromatic N) is 1. The molecule has 2 N–H and O–H groups in total. The molecule has 0 saturated heterocycles. The fraction of sp³-hybridized carbons (Fsp3) is 0.118.